The molecule has 1 aromatic carbocycles. The molecule has 2 heterocycles. The van der Waals surface area contributed by atoms with Crippen LogP contribution in [0, 0.1) is 0 Å². The molecule has 0 spiro atoms. The van der Waals surface area contributed by atoms with Crippen LogP contribution in [0.5, 0.6) is 0 Å². The van der Waals surface area contributed by atoms with E-state index in [1.165, 1.54) is 0 Å². The number of hydrogen-bond acceptors (Lipinski definition) is 5. The van der Waals surface area contributed by atoms with Crippen molar-refractivity contribution in [1.82, 2.24) is 5.32 Å². The monoisotopic (exact) mass is 306 g/mol. The first kappa shape index (κ1) is 15.4. The largest absolute Gasteiger partial charge is 0.370 e. The molecule has 22 heavy (non-hydrogen) atoms. The van der Waals surface area contributed by atoms with Crippen LogP contribution < -0.4 is 11.1 Å². The van der Waals surface area contributed by atoms with E-state index < -0.39 is 11.4 Å². The standard InChI is InChI=1S/C16H22N2O4/c1-15(2)21-13-12(20-10-16(13,9-17)22-15)8-18-14(19)11-6-4-3-5-7-11/h3-7,12-13H,8-10,17H2,1-2H3,(H,18,19)/t12-,13-,16+/m1/s1. The Morgan fingerprint density at radius 3 is 2.77 bits per heavy atom. The number of amides is 1. The predicted octanol–water partition coefficient (Wildman–Crippen LogP) is 0.664. The Kier molecular flexibility index (Phi) is 3.94. The van der Waals surface area contributed by atoms with Crippen LogP contribution in [0.1, 0.15) is 24.2 Å². The summed E-state index contributed by atoms with van der Waals surface area (Å²) in [7, 11) is 0. The molecule has 0 unspecified atom stereocenters. The minimum Gasteiger partial charge on any atom is -0.370 e. The predicted molar refractivity (Wildman–Crippen MR) is 80.3 cm³/mol. The van der Waals surface area contributed by atoms with Gasteiger partial charge in [-0.25, -0.2) is 0 Å². The summed E-state index contributed by atoms with van der Waals surface area (Å²) in [6.07, 6.45) is -0.540. The summed E-state index contributed by atoms with van der Waals surface area (Å²) in [6, 6.07) is 9.08. The molecule has 1 aromatic rings. The number of nitrogens with two attached hydrogens (primary N) is 1. The summed E-state index contributed by atoms with van der Waals surface area (Å²) >= 11 is 0. The first-order chi connectivity index (χ1) is 10.5. The molecule has 3 rings (SSSR count). The molecule has 0 saturated carbocycles. The second kappa shape index (κ2) is 5.62. The zero-order chi connectivity index (χ0) is 15.8. The molecule has 0 aliphatic carbocycles. The minimum absolute atomic E-state index is 0.132. The number of carbonyl (C=O) groups is 1. The van der Waals surface area contributed by atoms with Crippen molar-refractivity contribution < 1.29 is 19.0 Å². The van der Waals surface area contributed by atoms with E-state index in [2.05, 4.69) is 5.32 Å². The lowest BCUT2D eigenvalue weighted by atomic mass is 9.97. The van der Waals surface area contributed by atoms with Gasteiger partial charge in [0.1, 0.15) is 17.8 Å². The van der Waals surface area contributed by atoms with Crippen molar-refractivity contribution in [2.45, 2.75) is 37.4 Å². The molecule has 2 aliphatic heterocycles. The van der Waals surface area contributed by atoms with Gasteiger partial charge >= 0.3 is 0 Å². The smallest absolute Gasteiger partial charge is 0.251 e. The molecule has 2 saturated heterocycles. The van der Waals surface area contributed by atoms with Crippen molar-refractivity contribution in [2.24, 2.45) is 5.73 Å². The lowest BCUT2D eigenvalue weighted by molar-refractivity contribution is -0.187. The fourth-order valence-corrected chi connectivity index (χ4v) is 3.11. The van der Waals surface area contributed by atoms with Crippen LogP contribution in [0.25, 0.3) is 0 Å². The van der Waals surface area contributed by atoms with Gasteiger partial charge in [-0.15, -0.1) is 0 Å². The Morgan fingerprint density at radius 1 is 1.36 bits per heavy atom. The van der Waals surface area contributed by atoms with Crippen LogP contribution in [0.15, 0.2) is 30.3 Å². The van der Waals surface area contributed by atoms with Gasteiger partial charge in [0, 0.05) is 18.7 Å². The van der Waals surface area contributed by atoms with E-state index in [1.54, 1.807) is 12.1 Å². The topological polar surface area (TPSA) is 82.8 Å². The van der Waals surface area contributed by atoms with Crippen molar-refractivity contribution in [3.63, 3.8) is 0 Å². The molecule has 0 radical (unpaired) electrons. The zero-order valence-corrected chi connectivity index (χ0v) is 12.9. The number of nitrogens with one attached hydrogen (secondary N) is 1. The van der Waals surface area contributed by atoms with E-state index in [9.17, 15) is 4.79 Å². The molecule has 120 valence electrons. The molecule has 0 aromatic heterocycles. The van der Waals surface area contributed by atoms with Crippen LogP contribution in [-0.2, 0) is 14.2 Å². The molecular weight excluding hydrogens is 284 g/mol. The molecule has 6 nitrogen and oxygen atoms in total. The molecule has 2 fully saturated rings. The quantitative estimate of drug-likeness (QED) is 0.854. The van der Waals surface area contributed by atoms with Crippen LogP contribution in [0.2, 0.25) is 0 Å². The Labute approximate surface area is 129 Å². The van der Waals surface area contributed by atoms with E-state index in [4.69, 9.17) is 19.9 Å². The number of fused-ring (bicyclic) bond motifs is 1. The van der Waals surface area contributed by atoms with Gasteiger partial charge < -0.3 is 25.3 Å². The maximum Gasteiger partial charge on any atom is 0.251 e. The van der Waals surface area contributed by atoms with Crippen molar-refractivity contribution in [3.05, 3.63) is 35.9 Å². The first-order valence-electron chi connectivity index (χ1n) is 7.49. The lowest BCUT2D eigenvalue weighted by Gasteiger charge is -2.24. The summed E-state index contributed by atoms with van der Waals surface area (Å²) in [6.45, 7) is 4.79. The second-order valence-corrected chi connectivity index (χ2v) is 6.23. The average molecular weight is 306 g/mol. The first-order valence-corrected chi connectivity index (χ1v) is 7.49. The third-order valence-electron chi connectivity index (χ3n) is 4.10. The Hall–Kier alpha value is -1.47. The Balaban J connectivity index is 1.63. The van der Waals surface area contributed by atoms with Gasteiger partial charge in [-0.1, -0.05) is 18.2 Å². The third kappa shape index (κ3) is 2.75. The normalized spacial score (nSPS) is 32.7. The highest BCUT2D eigenvalue weighted by Gasteiger charge is 2.60. The van der Waals surface area contributed by atoms with Gasteiger partial charge in [-0.2, -0.15) is 0 Å². The molecular formula is C16H22N2O4. The molecule has 6 heteroatoms. The maximum atomic E-state index is 12.1. The summed E-state index contributed by atoms with van der Waals surface area (Å²) in [4.78, 5) is 12.1. The van der Waals surface area contributed by atoms with Crippen LogP contribution in [0.4, 0.5) is 0 Å². The fourth-order valence-electron chi connectivity index (χ4n) is 3.11. The van der Waals surface area contributed by atoms with Gasteiger partial charge in [0.25, 0.3) is 5.91 Å². The van der Waals surface area contributed by atoms with Gasteiger partial charge in [0.05, 0.1) is 6.61 Å². The number of rotatable bonds is 4. The van der Waals surface area contributed by atoms with Gasteiger partial charge in [0.2, 0.25) is 0 Å². The summed E-state index contributed by atoms with van der Waals surface area (Å²) < 4.78 is 17.6. The summed E-state index contributed by atoms with van der Waals surface area (Å²) in [5, 5.41) is 2.88. The van der Waals surface area contributed by atoms with E-state index in [0.29, 0.717) is 25.3 Å². The maximum absolute atomic E-state index is 12.1. The van der Waals surface area contributed by atoms with Crippen molar-refractivity contribution in [2.75, 3.05) is 19.7 Å². The number of carbonyl (C=O) groups excluding carboxylic acids is 1. The van der Waals surface area contributed by atoms with Crippen LogP contribution >= 0.6 is 0 Å². The van der Waals surface area contributed by atoms with E-state index >= 15 is 0 Å². The SMILES string of the molecule is CC1(C)O[C@@H]2[C@@H](CNC(=O)c3ccccc3)OC[C@]2(CN)O1. The molecule has 3 atom stereocenters. The van der Waals surface area contributed by atoms with Crippen LogP contribution in [-0.4, -0.2) is 49.2 Å². The molecule has 2 aliphatic rings. The highest BCUT2D eigenvalue weighted by molar-refractivity contribution is 5.94. The Morgan fingerprint density at radius 2 is 2.09 bits per heavy atom. The van der Waals surface area contributed by atoms with E-state index in [-0.39, 0.29) is 18.1 Å². The van der Waals surface area contributed by atoms with Crippen LogP contribution in [0.3, 0.4) is 0 Å². The number of benzene rings is 1. The summed E-state index contributed by atoms with van der Waals surface area (Å²) in [5.74, 6) is -0.817. The van der Waals surface area contributed by atoms with E-state index in [1.807, 2.05) is 32.0 Å². The fraction of sp³-hybridized carbons (Fsp3) is 0.562. The Bertz CT molecular complexity index is 548. The third-order valence-corrected chi connectivity index (χ3v) is 4.10. The van der Waals surface area contributed by atoms with Crippen molar-refractivity contribution in [1.29, 1.82) is 0 Å². The highest BCUT2D eigenvalue weighted by Crippen LogP contribution is 2.42. The molecule has 1 amide bonds. The molecule has 3 N–H and O–H groups in total. The minimum atomic E-state index is -0.685. The summed E-state index contributed by atoms with van der Waals surface area (Å²) in [5.41, 5.74) is 5.87. The van der Waals surface area contributed by atoms with E-state index in [0.717, 1.165) is 0 Å². The lowest BCUT2D eigenvalue weighted by Crippen LogP contribution is -2.49. The van der Waals surface area contributed by atoms with Gasteiger partial charge in [-0.3, -0.25) is 4.79 Å². The number of ether oxygens (including phenoxy) is 3. The van der Waals surface area contributed by atoms with Gasteiger partial charge in [-0.05, 0) is 26.0 Å². The highest BCUT2D eigenvalue weighted by atomic mass is 16.8. The second-order valence-electron chi connectivity index (χ2n) is 6.23. The zero-order valence-electron chi connectivity index (χ0n) is 12.9. The van der Waals surface area contributed by atoms with Crippen molar-refractivity contribution in [3.8, 4) is 0 Å². The van der Waals surface area contributed by atoms with Crippen molar-refractivity contribution >= 4 is 5.91 Å². The van der Waals surface area contributed by atoms with Gasteiger partial charge in [0.15, 0.2) is 5.79 Å². The molecule has 0 bridgehead atoms. The average Bonchev–Trinajstić information content (AvgIpc) is 2.96. The number of hydrogen-bond donors (Lipinski definition) is 2.